The predicted molar refractivity (Wildman–Crippen MR) is 105 cm³/mol. The van der Waals surface area contributed by atoms with Gasteiger partial charge in [0.05, 0.1) is 18.0 Å². The molecule has 0 aliphatic carbocycles. The molecule has 0 unspecified atom stereocenters. The molecule has 1 N–H and O–H groups in total. The first-order valence-corrected chi connectivity index (χ1v) is 10.7. The van der Waals surface area contributed by atoms with E-state index in [2.05, 4.69) is 5.32 Å². The maximum atomic E-state index is 13.6. The smallest absolute Gasteiger partial charge is 0.244 e. The van der Waals surface area contributed by atoms with E-state index in [1.165, 1.54) is 6.92 Å². The lowest BCUT2D eigenvalue weighted by atomic mass is 9.99. The summed E-state index contributed by atoms with van der Waals surface area (Å²) in [5.41, 5.74) is 1.82. The molecule has 8 heteroatoms. The van der Waals surface area contributed by atoms with Crippen LogP contribution in [0.4, 0.5) is 14.5 Å². The molecule has 5 nitrogen and oxygen atoms in total. The Hall–Kier alpha value is -2.48. The molecule has 2 aromatic carbocycles. The lowest BCUT2D eigenvalue weighted by molar-refractivity contribution is -0.122. The Morgan fingerprint density at radius 3 is 2.32 bits per heavy atom. The topological polar surface area (TPSA) is 66.5 Å². The van der Waals surface area contributed by atoms with Crippen LogP contribution in [0.15, 0.2) is 42.5 Å². The van der Waals surface area contributed by atoms with Gasteiger partial charge < -0.3 is 5.32 Å². The average molecular weight is 410 g/mol. The highest BCUT2D eigenvalue weighted by molar-refractivity contribution is 7.92. The van der Waals surface area contributed by atoms with E-state index in [1.807, 2.05) is 38.1 Å². The van der Waals surface area contributed by atoms with E-state index in [4.69, 9.17) is 0 Å². The summed E-state index contributed by atoms with van der Waals surface area (Å²) in [6, 6.07) is 8.85. The quantitative estimate of drug-likeness (QED) is 0.757. The van der Waals surface area contributed by atoms with Gasteiger partial charge in [-0.1, -0.05) is 31.2 Å². The number of amides is 1. The Balaban J connectivity index is 2.33. The third-order valence-corrected chi connectivity index (χ3v) is 5.78. The van der Waals surface area contributed by atoms with Crippen molar-refractivity contribution in [3.8, 4) is 0 Å². The molecular weight excluding hydrogens is 386 g/mol. The number of sulfonamides is 1. The number of hydrogen-bond acceptors (Lipinski definition) is 3. The largest absolute Gasteiger partial charge is 0.347 e. The summed E-state index contributed by atoms with van der Waals surface area (Å²) in [4.78, 5) is 12.8. The Kier molecular flexibility index (Phi) is 6.77. The highest BCUT2D eigenvalue weighted by atomic mass is 32.2. The lowest BCUT2D eigenvalue weighted by Gasteiger charge is -2.30. The van der Waals surface area contributed by atoms with Crippen LogP contribution in [0.5, 0.6) is 0 Å². The number of anilines is 1. The molecule has 0 aliphatic rings. The zero-order valence-electron chi connectivity index (χ0n) is 16.2. The van der Waals surface area contributed by atoms with Crippen molar-refractivity contribution in [1.82, 2.24) is 5.32 Å². The number of hydrogen-bond donors (Lipinski definition) is 1. The van der Waals surface area contributed by atoms with Crippen molar-refractivity contribution in [2.45, 2.75) is 39.3 Å². The van der Waals surface area contributed by atoms with E-state index >= 15 is 0 Å². The second-order valence-corrected chi connectivity index (χ2v) is 8.52. The van der Waals surface area contributed by atoms with Gasteiger partial charge in [-0.3, -0.25) is 9.10 Å². The number of rotatable bonds is 7. The molecule has 2 atom stereocenters. The van der Waals surface area contributed by atoms with Crippen molar-refractivity contribution in [2.75, 3.05) is 10.6 Å². The van der Waals surface area contributed by atoms with Gasteiger partial charge in [-0.15, -0.1) is 0 Å². The van der Waals surface area contributed by atoms with E-state index in [-0.39, 0.29) is 11.7 Å². The molecule has 1 amide bonds. The van der Waals surface area contributed by atoms with Crippen molar-refractivity contribution >= 4 is 21.6 Å². The molecule has 2 rings (SSSR count). The minimum atomic E-state index is -3.92. The maximum absolute atomic E-state index is 13.6. The van der Waals surface area contributed by atoms with Crippen molar-refractivity contribution in [3.05, 3.63) is 65.2 Å². The first-order valence-electron chi connectivity index (χ1n) is 8.86. The molecular formula is C20H24F2N2O3S. The third kappa shape index (κ3) is 4.86. The molecule has 0 saturated carbocycles. The van der Waals surface area contributed by atoms with Crippen LogP contribution in [-0.4, -0.2) is 26.6 Å². The Morgan fingerprint density at radius 2 is 1.79 bits per heavy atom. The molecule has 0 bridgehead atoms. The molecule has 0 fully saturated rings. The van der Waals surface area contributed by atoms with Gasteiger partial charge in [-0.05, 0) is 43.5 Å². The molecule has 28 heavy (non-hydrogen) atoms. The van der Waals surface area contributed by atoms with Gasteiger partial charge in [-0.2, -0.15) is 0 Å². The third-order valence-electron chi connectivity index (χ3n) is 4.53. The van der Waals surface area contributed by atoms with Crippen LogP contribution in [-0.2, 0) is 14.8 Å². The summed E-state index contributed by atoms with van der Waals surface area (Å²) in [6.45, 7) is 5.24. The van der Waals surface area contributed by atoms with Crippen molar-refractivity contribution in [1.29, 1.82) is 0 Å². The zero-order valence-corrected chi connectivity index (χ0v) is 17.1. The summed E-state index contributed by atoms with van der Waals surface area (Å²) in [6.07, 6.45) is 1.52. The first-order chi connectivity index (χ1) is 13.1. The summed E-state index contributed by atoms with van der Waals surface area (Å²) in [7, 11) is -3.92. The molecule has 0 spiro atoms. The lowest BCUT2D eigenvalue weighted by Crippen LogP contribution is -2.48. The van der Waals surface area contributed by atoms with Crippen LogP contribution in [0, 0.1) is 18.6 Å². The minimum Gasteiger partial charge on any atom is -0.347 e. The molecule has 0 aromatic heterocycles. The Morgan fingerprint density at radius 1 is 1.14 bits per heavy atom. The highest BCUT2D eigenvalue weighted by Crippen LogP contribution is 2.25. The average Bonchev–Trinajstić information content (AvgIpc) is 2.62. The second-order valence-electron chi connectivity index (χ2n) is 6.66. The van der Waals surface area contributed by atoms with Gasteiger partial charge in [0.15, 0.2) is 11.6 Å². The van der Waals surface area contributed by atoms with Gasteiger partial charge in [-0.25, -0.2) is 17.2 Å². The van der Waals surface area contributed by atoms with Gasteiger partial charge >= 0.3 is 0 Å². The monoisotopic (exact) mass is 410 g/mol. The van der Waals surface area contributed by atoms with E-state index in [0.29, 0.717) is 6.42 Å². The fourth-order valence-electron chi connectivity index (χ4n) is 3.10. The number of nitrogens with zero attached hydrogens (tertiary/aromatic N) is 1. The molecule has 0 saturated heterocycles. The number of halogens is 2. The standard InChI is InChI=1S/C20H24F2N2O3S/c1-5-19(16-9-7-6-8-13(16)2)23-20(25)14(3)24(28(4,26)27)15-10-11-17(21)18(22)12-15/h6-12,14,19H,5H2,1-4H3,(H,23,25)/t14-,19+/m1/s1. The fourth-order valence-corrected chi connectivity index (χ4v) is 4.27. The summed E-state index contributed by atoms with van der Waals surface area (Å²) in [5, 5.41) is 2.86. The van der Waals surface area contributed by atoms with E-state index < -0.39 is 33.6 Å². The van der Waals surface area contributed by atoms with Gasteiger partial charge in [0, 0.05) is 6.07 Å². The molecule has 0 radical (unpaired) electrons. The van der Waals surface area contributed by atoms with E-state index in [1.54, 1.807) is 0 Å². The predicted octanol–water partition coefficient (Wildman–Crippen LogP) is 3.70. The Bertz CT molecular complexity index is 964. The summed E-state index contributed by atoms with van der Waals surface area (Å²) >= 11 is 0. The summed E-state index contributed by atoms with van der Waals surface area (Å²) < 4.78 is 52.2. The molecule has 0 heterocycles. The maximum Gasteiger partial charge on any atom is 0.244 e. The van der Waals surface area contributed by atoms with Crippen LogP contribution in [0.1, 0.15) is 37.4 Å². The minimum absolute atomic E-state index is 0.118. The SMILES string of the molecule is CC[C@H](NC(=O)[C@@H](C)N(c1ccc(F)c(F)c1)S(C)(=O)=O)c1ccccc1C. The summed E-state index contributed by atoms with van der Waals surface area (Å²) in [5.74, 6) is -2.82. The second kappa shape index (κ2) is 8.68. The number of carbonyl (C=O) groups is 1. The van der Waals surface area contributed by atoms with Crippen LogP contribution in [0.3, 0.4) is 0 Å². The number of nitrogens with one attached hydrogen (secondary N) is 1. The molecule has 152 valence electrons. The van der Waals surface area contributed by atoms with E-state index in [0.717, 1.165) is 39.9 Å². The fraction of sp³-hybridized carbons (Fsp3) is 0.350. The normalized spacial score (nSPS) is 13.6. The zero-order chi connectivity index (χ0) is 21.1. The van der Waals surface area contributed by atoms with Crippen molar-refractivity contribution < 1.29 is 22.0 Å². The first kappa shape index (κ1) is 21.8. The number of benzene rings is 2. The van der Waals surface area contributed by atoms with Crippen LogP contribution in [0.25, 0.3) is 0 Å². The van der Waals surface area contributed by atoms with Crippen molar-refractivity contribution in [3.63, 3.8) is 0 Å². The Labute approximate surface area is 164 Å². The number of carbonyl (C=O) groups excluding carboxylic acids is 1. The van der Waals surface area contributed by atoms with Crippen molar-refractivity contribution in [2.24, 2.45) is 0 Å². The van der Waals surface area contributed by atoms with Crippen LogP contribution >= 0.6 is 0 Å². The van der Waals surface area contributed by atoms with Gasteiger partial charge in [0.1, 0.15) is 6.04 Å². The molecule has 0 aliphatic heterocycles. The van der Waals surface area contributed by atoms with Crippen LogP contribution in [0.2, 0.25) is 0 Å². The van der Waals surface area contributed by atoms with Gasteiger partial charge in [0.2, 0.25) is 15.9 Å². The number of aryl methyl sites for hydroxylation is 1. The van der Waals surface area contributed by atoms with Gasteiger partial charge in [0.25, 0.3) is 0 Å². The van der Waals surface area contributed by atoms with E-state index in [9.17, 15) is 22.0 Å². The van der Waals surface area contributed by atoms with Crippen LogP contribution < -0.4 is 9.62 Å². The molecule has 2 aromatic rings. The highest BCUT2D eigenvalue weighted by Gasteiger charge is 2.31.